The third kappa shape index (κ3) is 3.97. The van der Waals surface area contributed by atoms with Crippen LogP contribution in [0.2, 0.25) is 0 Å². The average molecular weight is 410 g/mol. The van der Waals surface area contributed by atoms with E-state index >= 15 is 0 Å². The van der Waals surface area contributed by atoms with Crippen LogP contribution < -0.4 is 10.2 Å². The number of amides is 1. The summed E-state index contributed by atoms with van der Waals surface area (Å²) < 4.78 is 10.0. The van der Waals surface area contributed by atoms with Crippen LogP contribution in [0.1, 0.15) is 50.5 Å². The first-order valence-electron chi connectivity index (χ1n) is 9.75. The van der Waals surface area contributed by atoms with Crippen LogP contribution in [0.4, 0.5) is 5.69 Å². The zero-order valence-electron chi connectivity index (χ0n) is 15.3. The van der Waals surface area contributed by atoms with E-state index in [-0.39, 0.29) is 11.3 Å². The number of nitrogens with zero attached hydrogens (tertiary/aromatic N) is 2. The van der Waals surface area contributed by atoms with Crippen LogP contribution in [-0.4, -0.2) is 45.3 Å². The molecule has 0 aromatic heterocycles. The van der Waals surface area contributed by atoms with Gasteiger partial charge in [0.05, 0.1) is 0 Å². The molecule has 4 rings (SSSR count). The minimum absolute atomic E-state index is 0.208. The number of rotatable bonds is 7. The lowest BCUT2D eigenvalue weighted by Gasteiger charge is -2.35. The van der Waals surface area contributed by atoms with E-state index in [2.05, 4.69) is 17.4 Å². The second-order valence-electron chi connectivity index (χ2n) is 8.02. The Labute approximate surface area is 167 Å². The highest BCUT2D eigenvalue weighted by molar-refractivity contribution is 8.24. The van der Waals surface area contributed by atoms with Crippen LogP contribution in [0.25, 0.3) is 0 Å². The molecule has 2 atom stereocenters. The Bertz CT molecular complexity index is 719. The second kappa shape index (κ2) is 7.85. The normalized spacial score (nSPS) is 26.1. The topological polar surface area (TPSA) is 76.0 Å². The molecule has 1 aliphatic heterocycles. The van der Waals surface area contributed by atoms with Crippen LogP contribution in [-0.2, 0) is 31.3 Å². The highest BCUT2D eigenvalue weighted by Crippen LogP contribution is 2.48. The lowest BCUT2D eigenvalue weighted by molar-refractivity contribution is -0.133. The van der Waals surface area contributed by atoms with E-state index in [1.807, 2.05) is 12.1 Å². The van der Waals surface area contributed by atoms with Crippen molar-refractivity contribution in [3.8, 4) is 0 Å². The Balaban J connectivity index is 1.44. The summed E-state index contributed by atoms with van der Waals surface area (Å²) >= 11 is 4.69. The molecule has 2 saturated carbocycles. The molecule has 1 heterocycles. The van der Waals surface area contributed by atoms with Gasteiger partial charge in [-0.15, -0.1) is 0 Å². The van der Waals surface area contributed by atoms with Gasteiger partial charge in [-0.1, -0.05) is 23.0 Å². The Morgan fingerprint density at radius 1 is 1.22 bits per heavy atom. The first-order valence-corrected chi connectivity index (χ1v) is 11.8. The number of hydroxylamine groups is 1. The molecule has 3 N–H and O–H groups in total. The molecule has 1 amide bonds. The van der Waals surface area contributed by atoms with E-state index < -0.39 is 16.0 Å². The van der Waals surface area contributed by atoms with E-state index in [4.69, 9.17) is 11.2 Å². The smallest absolute Gasteiger partial charge is 0.247 e. The average Bonchev–Trinajstić information content (AvgIpc) is 3.41. The van der Waals surface area contributed by atoms with Crippen LogP contribution in [0.5, 0.6) is 0 Å². The van der Waals surface area contributed by atoms with Crippen molar-refractivity contribution in [3.05, 3.63) is 29.8 Å². The van der Waals surface area contributed by atoms with Crippen molar-refractivity contribution in [2.75, 3.05) is 18.0 Å². The van der Waals surface area contributed by atoms with Gasteiger partial charge < -0.3 is 20.0 Å². The number of hydrogen-bond acceptors (Lipinski definition) is 4. The first-order chi connectivity index (χ1) is 13.0. The van der Waals surface area contributed by atoms with Gasteiger partial charge in [0.15, 0.2) is 0 Å². The molecule has 1 aromatic carbocycles. The van der Waals surface area contributed by atoms with Crippen LogP contribution in [0.3, 0.4) is 0 Å². The maximum Gasteiger partial charge on any atom is 0.247 e. The molecule has 6 nitrogen and oxygen atoms in total. The SMILES string of the molecule is O=C1C(N(O)S(O)=S)CCCN1c1ccc(C2(CNC3CCC3)CC2)cc1. The number of benzene rings is 1. The molecule has 0 bridgehead atoms. The fraction of sp³-hybridized carbons (Fsp3) is 0.632. The summed E-state index contributed by atoms with van der Waals surface area (Å²) in [7, 11) is -1.74. The molecular formula is C19H27N3O3S2. The molecule has 1 aromatic rings. The fourth-order valence-electron chi connectivity index (χ4n) is 4.09. The van der Waals surface area contributed by atoms with E-state index in [0.717, 1.165) is 18.7 Å². The third-order valence-electron chi connectivity index (χ3n) is 6.32. The molecular weight excluding hydrogens is 382 g/mol. The monoisotopic (exact) mass is 409 g/mol. The quantitative estimate of drug-likeness (QED) is 0.601. The molecule has 3 fully saturated rings. The summed E-state index contributed by atoms with van der Waals surface area (Å²) in [6.45, 7) is 1.66. The molecule has 0 spiro atoms. The van der Waals surface area contributed by atoms with E-state index in [1.165, 1.54) is 37.7 Å². The van der Waals surface area contributed by atoms with Crippen LogP contribution in [0, 0.1) is 0 Å². The van der Waals surface area contributed by atoms with Crippen molar-refractivity contribution in [2.24, 2.45) is 0 Å². The molecule has 1 saturated heterocycles. The highest BCUT2D eigenvalue weighted by Gasteiger charge is 2.44. The van der Waals surface area contributed by atoms with Crippen molar-refractivity contribution in [1.82, 2.24) is 9.79 Å². The number of carbonyl (C=O) groups excluding carboxylic acids is 1. The zero-order chi connectivity index (χ0) is 19.0. The third-order valence-corrected chi connectivity index (χ3v) is 7.35. The maximum absolute atomic E-state index is 12.7. The largest absolute Gasteiger partial charge is 0.314 e. The lowest BCUT2D eigenvalue weighted by atomic mass is 9.90. The van der Waals surface area contributed by atoms with Gasteiger partial charge in [0.1, 0.15) is 16.0 Å². The minimum Gasteiger partial charge on any atom is -0.314 e. The van der Waals surface area contributed by atoms with Crippen molar-refractivity contribution in [1.29, 1.82) is 0 Å². The molecule has 8 heteroatoms. The van der Waals surface area contributed by atoms with Gasteiger partial charge >= 0.3 is 0 Å². The van der Waals surface area contributed by atoms with Crippen molar-refractivity contribution < 1.29 is 14.6 Å². The Morgan fingerprint density at radius 2 is 1.93 bits per heavy atom. The number of anilines is 1. The zero-order valence-corrected chi connectivity index (χ0v) is 17.0. The highest BCUT2D eigenvalue weighted by atomic mass is 32.8. The summed E-state index contributed by atoms with van der Waals surface area (Å²) in [5.74, 6) is -0.208. The van der Waals surface area contributed by atoms with Gasteiger partial charge in [-0.25, -0.2) is 0 Å². The van der Waals surface area contributed by atoms with Gasteiger partial charge in [-0.05, 0) is 67.4 Å². The Hall–Kier alpha value is -0.900. The standard InChI is InChI=1S/C19H27N3O3S2/c23-18-17(22(24)27(25)26)5-2-12-21(18)16-8-6-14(7-9-16)19(10-11-19)13-20-15-3-1-4-15/h6-9,15,17,20,24H,1-5,10-13H2,(H,25,26). The summed E-state index contributed by atoms with van der Waals surface area (Å²) in [4.78, 5) is 14.4. The Kier molecular flexibility index (Phi) is 5.64. The maximum atomic E-state index is 12.7. The second-order valence-corrected chi connectivity index (χ2v) is 9.75. The molecule has 27 heavy (non-hydrogen) atoms. The molecule has 0 radical (unpaired) electrons. The van der Waals surface area contributed by atoms with Crippen molar-refractivity contribution >= 4 is 32.7 Å². The number of piperidine rings is 1. The number of nitrogens with one attached hydrogen (secondary N) is 1. The summed E-state index contributed by atoms with van der Waals surface area (Å²) in [6, 6.07) is 8.22. The van der Waals surface area contributed by atoms with Gasteiger partial charge in [0.2, 0.25) is 5.91 Å². The fourth-order valence-corrected chi connectivity index (χ4v) is 4.82. The molecule has 148 valence electrons. The predicted octanol–water partition coefficient (Wildman–Crippen LogP) is 2.52. The molecule has 3 aliphatic rings. The van der Waals surface area contributed by atoms with Gasteiger partial charge in [0, 0.05) is 30.2 Å². The summed E-state index contributed by atoms with van der Waals surface area (Å²) in [5.41, 5.74) is 2.44. The van der Waals surface area contributed by atoms with Crippen molar-refractivity contribution in [2.45, 2.75) is 62.4 Å². The van der Waals surface area contributed by atoms with Crippen molar-refractivity contribution in [3.63, 3.8) is 0 Å². The minimum atomic E-state index is -1.74. The molecule has 2 unspecified atom stereocenters. The Morgan fingerprint density at radius 3 is 2.48 bits per heavy atom. The van der Waals surface area contributed by atoms with Gasteiger partial charge in [0.25, 0.3) is 0 Å². The number of hydrogen-bond donors (Lipinski definition) is 3. The molecule has 2 aliphatic carbocycles. The predicted molar refractivity (Wildman–Crippen MR) is 109 cm³/mol. The summed E-state index contributed by atoms with van der Waals surface area (Å²) in [6.07, 6.45) is 7.64. The van der Waals surface area contributed by atoms with E-state index in [9.17, 15) is 14.6 Å². The lowest BCUT2D eigenvalue weighted by Crippen LogP contribution is -2.51. The van der Waals surface area contributed by atoms with Crippen LogP contribution >= 0.6 is 0 Å². The van der Waals surface area contributed by atoms with Gasteiger partial charge in [-0.2, -0.15) is 0 Å². The number of carbonyl (C=O) groups is 1. The van der Waals surface area contributed by atoms with Gasteiger partial charge in [-0.3, -0.25) is 4.79 Å². The van der Waals surface area contributed by atoms with E-state index in [1.54, 1.807) is 4.90 Å². The van der Waals surface area contributed by atoms with Crippen LogP contribution in [0.15, 0.2) is 24.3 Å². The summed E-state index contributed by atoms with van der Waals surface area (Å²) in [5, 5.41) is 13.6. The van der Waals surface area contributed by atoms with E-state index in [0.29, 0.717) is 23.5 Å². The first kappa shape index (κ1) is 19.4.